The van der Waals surface area contributed by atoms with E-state index in [2.05, 4.69) is 57.2 Å². The third kappa shape index (κ3) is 2.10. The van der Waals surface area contributed by atoms with Gasteiger partial charge in [0, 0.05) is 17.6 Å². The minimum Gasteiger partial charge on any atom is -0.485 e. The van der Waals surface area contributed by atoms with Crippen molar-refractivity contribution in [3.63, 3.8) is 0 Å². The first-order valence-corrected chi connectivity index (χ1v) is 6.70. The molecule has 2 aliphatic rings. The molecule has 18 heavy (non-hydrogen) atoms. The van der Waals surface area contributed by atoms with Gasteiger partial charge < -0.3 is 4.74 Å². The number of hydrogen-bond donors (Lipinski definition) is 0. The molecule has 0 aromatic heterocycles. The van der Waals surface area contributed by atoms with Gasteiger partial charge in [-0.2, -0.15) is 0 Å². The van der Waals surface area contributed by atoms with E-state index < -0.39 is 0 Å². The van der Waals surface area contributed by atoms with Crippen molar-refractivity contribution >= 4 is 5.57 Å². The molecule has 1 unspecified atom stereocenters. The minimum absolute atomic E-state index is 0.245. The fourth-order valence-electron chi connectivity index (χ4n) is 2.76. The van der Waals surface area contributed by atoms with Gasteiger partial charge in [0.1, 0.15) is 11.9 Å². The summed E-state index contributed by atoms with van der Waals surface area (Å²) in [5.74, 6) is 1.05. The molecular weight excluding hydrogens is 220 g/mol. The first-order valence-electron chi connectivity index (χ1n) is 6.70. The molecule has 1 heteroatoms. The molecule has 1 nitrogen and oxygen atoms in total. The lowest BCUT2D eigenvalue weighted by molar-refractivity contribution is 0.279. The van der Waals surface area contributed by atoms with E-state index in [0.717, 1.165) is 18.6 Å². The van der Waals surface area contributed by atoms with Gasteiger partial charge in [-0.15, -0.1) is 0 Å². The van der Waals surface area contributed by atoms with E-state index in [9.17, 15) is 0 Å². The van der Waals surface area contributed by atoms with Gasteiger partial charge in [0.15, 0.2) is 0 Å². The standard InChI is InChI=1S/C17H20O/c1-17(2,3)11-12-8-9-16-14(10-12)13-6-4-5-7-15(13)18-16/h4-6,8-10,15H,7,11H2,1-3H3. The second-order valence-electron chi connectivity index (χ2n) is 6.46. The number of fused-ring (bicyclic) bond motifs is 3. The number of benzene rings is 1. The van der Waals surface area contributed by atoms with Crippen molar-refractivity contribution in [1.82, 2.24) is 0 Å². The van der Waals surface area contributed by atoms with Crippen LogP contribution in [0.15, 0.2) is 36.4 Å². The van der Waals surface area contributed by atoms with Gasteiger partial charge in [0.25, 0.3) is 0 Å². The van der Waals surface area contributed by atoms with Crippen molar-refractivity contribution in [3.05, 3.63) is 47.6 Å². The SMILES string of the molecule is CC(C)(C)Cc1ccc2c(c1)C1=CC=CCC1O2. The van der Waals surface area contributed by atoms with Gasteiger partial charge in [-0.1, -0.05) is 45.1 Å². The molecule has 1 aliphatic heterocycles. The van der Waals surface area contributed by atoms with Crippen LogP contribution in [0.5, 0.6) is 5.75 Å². The Morgan fingerprint density at radius 1 is 1.28 bits per heavy atom. The summed E-state index contributed by atoms with van der Waals surface area (Å²) < 4.78 is 5.98. The van der Waals surface area contributed by atoms with Crippen molar-refractivity contribution in [2.45, 2.75) is 39.7 Å². The van der Waals surface area contributed by atoms with E-state index in [1.54, 1.807) is 0 Å². The molecule has 0 saturated carbocycles. The van der Waals surface area contributed by atoms with Crippen LogP contribution in [0.1, 0.15) is 38.3 Å². The maximum atomic E-state index is 5.98. The van der Waals surface area contributed by atoms with Crippen molar-refractivity contribution in [1.29, 1.82) is 0 Å². The van der Waals surface area contributed by atoms with E-state index in [1.165, 1.54) is 16.7 Å². The lowest BCUT2D eigenvalue weighted by Crippen LogP contribution is -2.12. The Balaban J connectivity index is 1.97. The monoisotopic (exact) mass is 240 g/mol. The Kier molecular flexibility index (Phi) is 2.58. The number of rotatable bonds is 1. The smallest absolute Gasteiger partial charge is 0.128 e. The van der Waals surface area contributed by atoms with E-state index in [-0.39, 0.29) is 6.10 Å². The average molecular weight is 240 g/mol. The topological polar surface area (TPSA) is 9.23 Å². The lowest BCUT2D eigenvalue weighted by atomic mass is 9.86. The molecule has 0 bridgehead atoms. The van der Waals surface area contributed by atoms with Crippen LogP contribution < -0.4 is 4.74 Å². The van der Waals surface area contributed by atoms with E-state index in [1.807, 2.05) is 0 Å². The fourth-order valence-corrected chi connectivity index (χ4v) is 2.76. The third-order valence-corrected chi connectivity index (χ3v) is 3.47. The number of allylic oxidation sites excluding steroid dienone is 2. The van der Waals surface area contributed by atoms with Gasteiger partial charge in [-0.3, -0.25) is 0 Å². The molecule has 0 radical (unpaired) electrons. The van der Waals surface area contributed by atoms with Crippen LogP contribution in [-0.4, -0.2) is 6.10 Å². The summed E-state index contributed by atoms with van der Waals surface area (Å²) in [4.78, 5) is 0. The van der Waals surface area contributed by atoms with Crippen LogP contribution in [0.25, 0.3) is 5.57 Å². The third-order valence-electron chi connectivity index (χ3n) is 3.47. The molecule has 94 valence electrons. The zero-order valence-corrected chi connectivity index (χ0v) is 11.4. The highest BCUT2D eigenvalue weighted by Crippen LogP contribution is 2.41. The van der Waals surface area contributed by atoms with Crippen molar-refractivity contribution < 1.29 is 4.74 Å². The summed E-state index contributed by atoms with van der Waals surface area (Å²) in [6, 6.07) is 6.65. The summed E-state index contributed by atoms with van der Waals surface area (Å²) in [6.07, 6.45) is 8.86. The summed E-state index contributed by atoms with van der Waals surface area (Å²) in [5.41, 5.74) is 4.38. The van der Waals surface area contributed by atoms with Crippen LogP contribution in [0, 0.1) is 5.41 Å². The molecule has 0 spiro atoms. The largest absolute Gasteiger partial charge is 0.485 e. The van der Waals surface area contributed by atoms with Crippen LogP contribution in [-0.2, 0) is 6.42 Å². The molecular formula is C17H20O. The molecule has 1 aromatic carbocycles. The predicted octanol–water partition coefficient (Wildman–Crippen LogP) is 4.38. The van der Waals surface area contributed by atoms with Crippen molar-refractivity contribution in [2.75, 3.05) is 0 Å². The van der Waals surface area contributed by atoms with Crippen molar-refractivity contribution in [2.24, 2.45) is 5.41 Å². The second kappa shape index (κ2) is 4.01. The number of ether oxygens (including phenoxy) is 1. The first kappa shape index (κ1) is 11.6. The normalized spacial score (nSPS) is 21.1. The average Bonchev–Trinajstić information content (AvgIpc) is 2.65. The second-order valence-corrected chi connectivity index (χ2v) is 6.46. The van der Waals surface area contributed by atoms with E-state index in [0.29, 0.717) is 5.41 Å². The summed E-state index contributed by atoms with van der Waals surface area (Å²) >= 11 is 0. The Morgan fingerprint density at radius 3 is 2.89 bits per heavy atom. The molecule has 1 aromatic rings. The highest BCUT2D eigenvalue weighted by Gasteiger charge is 2.29. The molecule has 1 aliphatic carbocycles. The Labute approximate surface area is 109 Å². The van der Waals surface area contributed by atoms with Crippen LogP contribution in [0.2, 0.25) is 0 Å². The number of hydrogen-bond acceptors (Lipinski definition) is 1. The fraction of sp³-hybridized carbons (Fsp3) is 0.412. The highest BCUT2D eigenvalue weighted by molar-refractivity contribution is 5.79. The van der Waals surface area contributed by atoms with Crippen LogP contribution >= 0.6 is 0 Å². The summed E-state index contributed by atoms with van der Waals surface area (Å²) in [5, 5.41) is 0. The summed E-state index contributed by atoms with van der Waals surface area (Å²) in [6.45, 7) is 6.84. The van der Waals surface area contributed by atoms with Crippen LogP contribution in [0.3, 0.4) is 0 Å². The van der Waals surface area contributed by atoms with E-state index in [4.69, 9.17) is 4.74 Å². The quantitative estimate of drug-likeness (QED) is 0.708. The molecule has 0 N–H and O–H groups in total. The van der Waals surface area contributed by atoms with Crippen LogP contribution in [0.4, 0.5) is 0 Å². The maximum Gasteiger partial charge on any atom is 0.128 e. The van der Waals surface area contributed by atoms with Gasteiger partial charge in [-0.05, 0) is 29.5 Å². The van der Waals surface area contributed by atoms with E-state index >= 15 is 0 Å². The van der Waals surface area contributed by atoms with Gasteiger partial charge >= 0.3 is 0 Å². The Hall–Kier alpha value is -1.50. The minimum atomic E-state index is 0.245. The molecule has 1 heterocycles. The zero-order valence-electron chi connectivity index (χ0n) is 11.4. The first-order chi connectivity index (χ1) is 8.53. The van der Waals surface area contributed by atoms with Crippen molar-refractivity contribution in [3.8, 4) is 5.75 Å². The van der Waals surface area contributed by atoms with Gasteiger partial charge in [-0.25, -0.2) is 0 Å². The highest BCUT2D eigenvalue weighted by atomic mass is 16.5. The van der Waals surface area contributed by atoms with Gasteiger partial charge in [0.2, 0.25) is 0 Å². The predicted molar refractivity (Wildman–Crippen MR) is 75.8 cm³/mol. The maximum absolute atomic E-state index is 5.98. The zero-order chi connectivity index (χ0) is 12.8. The summed E-state index contributed by atoms with van der Waals surface area (Å²) in [7, 11) is 0. The lowest BCUT2D eigenvalue weighted by Gasteiger charge is -2.18. The Morgan fingerprint density at radius 2 is 2.11 bits per heavy atom. The molecule has 3 rings (SSSR count). The molecule has 0 amide bonds. The Bertz CT molecular complexity index is 529. The van der Waals surface area contributed by atoms with Gasteiger partial charge in [0.05, 0.1) is 0 Å². The molecule has 0 fully saturated rings. The molecule has 0 saturated heterocycles. The molecule has 1 atom stereocenters.